The Bertz CT molecular complexity index is 1180. The molecular formula is C19H15ClF3N3O3S. The minimum atomic E-state index is -4.68. The van der Waals surface area contributed by atoms with Gasteiger partial charge >= 0.3 is 6.18 Å². The lowest BCUT2D eigenvalue weighted by molar-refractivity contribution is -0.136. The number of aromatic nitrogens is 1. The van der Waals surface area contributed by atoms with E-state index in [2.05, 4.69) is 15.6 Å². The molecule has 0 bridgehead atoms. The van der Waals surface area contributed by atoms with E-state index in [1.165, 1.54) is 32.4 Å². The Morgan fingerprint density at radius 3 is 2.40 bits per heavy atom. The molecule has 1 heterocycles. The van der Waals surface area contributed by atoms with Crippen LogP contribution in [0.5, 0.6) is 11.5 Å². The third kappa shape index (κ3) is 4.60. The number of rotatable bonds is 4. The number of hydrogen-bond donors (Lipinski definition) is 3. The molecule has 11 heteroatoms. The fraction of sp³-hybridized carbons (Fsp3) is 0.158. The zero-order chi connectivity index (χ0) is 22.1. The Hall–Kier alpha value is -2.98. The van der Waals surface area contributed by atoms with Crippen molar-refractivity contribution in [3.8, 4) is 11.5 Å². The van der Waals surface area contributed by atoms with Gasteiger partial charge in [0.15, 0.2) is 5.11 Å². The highest BCUT2D eigenvalue weighted by molar-refractivity contribution is 7.80. The monoisotopic (exact) mass is 457 g/mol. The molecule has 1 aromatic heterocycles. The molecule has 6 nitrogen and oxygen atoms in total. The summed E-state index contributed by atoms with van der Waals surface area (Å²) in [5.41, 5.74) is -1.09. The van der Waals surface area contributed by atoms with Gasteiger partial charge in [-0.15, -0.1) is 0 Å². The molecule has 30 heavy (non-hydrogen) atoms. The topological polar surface area (TPSA) is 75.4 Å². The number of ether oxygens (including phenoxy) is 2. The minimum Gasteiger partial charge on any atom is -0.495 e. The maximum atomic E-state index is 13.3. The van der Waals surface area contributed by atoms with Gasteiger partial charge in [-0.2, -0.15) is 13.2 Å². The third-order valence-electron chi connectivity index (χ3n) is 4.13. The van der Waals surface area contributed by atoms with Gasteiger partial charge < -0.3 is 25.1 Å². The van der Waals surface area contributed by atoms with Crippen molar-refractivity contribution in [3.63, 3.8) is 0 Å². The molecule has 3 rings (SSSR count). The predicted molar refractivity (Wildman–Crippen MR) is 114 cm³/mol. The molecule has 2 aromatic carbocycles. The molecule has 0 fully saturated rings. The summed E-state index contributed by atoms with van der Waals surface area (Å²) in [6.45, 7) is 0. The van der Waals surface area contributed by atoms with Gasteiger partial charge in [-0.3, -0.25) is 4.79 Å². The highest BCUT2D eigenvalue weighted by Crippen LogP contribution is 2.36. The SMILES string of the molecule is COc1cc(OC)c(NC(=S)Nc2ccc3[nH]c(=O)cc(C(F)(F)F)c3c2)cc1Cl. The van der Waals surface area contributed by atoms with Gasteiger partial charge in [0.2, 0.25) is 5.56 Å². The zero-order valence-electron chi connectivity index (χ0n) is 15.6. The molecule has 0 amide bonds. The lowest BCUT2D eigenvalue weighted by Gasteiger charge is -2.16. The van der Waals surface area contributed by atoms with Crippen molar-refractivity contribution in [2.45, 2.75) is 6.18 Å². The molecule has 0 aliphatic rings. The van der Waals surface area contributed by atoms with Crippen LogP contribution in [-0.4, -0.2) is 24.3 Å². The first-order valence-electron chi connectivity index (χ1n) is 8.36. The summed E-state index contributed by atoms with van der Waals surface area (Å²) in [7, 11) is 2.91. The standard InChI is InChI=1S/C19H15ClF3N3O3S/c1-28-15-8-16(29-2)14(7-12(15)20)26-18(30)24-9-3-4-13-10(5-9)11(19(21,22)23)6-17(27)25-13/h3-8H,1-2H3,(H,25,27)(H2,24,26,30). The van der Waals surface area contributed by atoms with Crippen molar-refractivity contribution in [1.82, 2.24) is 4.98 Å². The number of alkyl halides is 3. The van der Waals surface area contributed by atoms with Gasteiger partial charge in [0.1, 0.15) is 11.5 Å². The van der Waals surface area contributed by atoms with E-state index in [-0.39, 0.29) is 21.7 Å². The minimum absolute atomic E-state index is 0.0582. The van der Waals surface area contributed by atoms with Crippen molar-refractivity contribution in [2.24, 2.45) is 0 Å². The lowest BCUT2D eigenvalue weighted by Crippen LogP contribution is -2.20. The van der Waals surface area contributed by atoms with Gasteiger partial charge in [-0.25, -0.2) is 0 Å². The van der Waals surface area contributed by atoms with Crippen LogP contribution in [0.15, 0.2) is 41.2 Å². The van der Waals surface area contributed by atoms with Crippen molar-refractivity contribution in [1.29, 1.82) is 0 Å². The van der Waals surface area contributed by atoms with Crippen LogP contribution in [-0.2, 0) is 6.18 Å². The number of hydrogen-bond acceptors (Lipinski definition) is 4. The van der Waals surface area contributed by atoms with Crippen molar-refractivity contribution in [3.05, 3.63) is 57.3 Å². The number of thiocarbonyl (C=S) groups is 1. The molecule has 0 unspecified atom stereocenters. The summed E-state index contributed by atoms with van der Waals surface area (Å²) in [6, 6.07) is 7.73. The van der Waals surface area contributed by atoms with Gasteiger partial charge in [-0.05, 0) is 36.5 Å². The number of fused-ring (bicyclic) bond motifs is 1. The molecule has 3 aromatic rings. The molecule has 0 saturated heterocycles. The number of anilines is 2. The molecule has 0 aliphatic heterocycles. The summed E-state index contributed by atoms with van der Waals surface area (Å²) >= 11 is 11.4. The van der Waals surface area contributed by atoms with Crippen LogP contribution in [0.1, 0.15) is 5.56 Å². The Labute approximate surface area is 178 Å². The van der Waals surface area contributed by atoms with Crippen LogP contribution < -0.4 is 25.7 Å². The van der Waals surface area contributed by atoms with Crippen LogP contribution in [0.2, 0.25) is 5.02 Å². The lowest BCUT2D eigenvalue weighted by atomic mass is 10.1. The number of pyridine rings is 1. The Morgan fingerprint density at radius 2 is 1.77 bits per heavy atom. The predicted octanol–water partition coefficient (Wildman–Crippen LogP) is 5.03. The normalized spacial score (nSPS) is 11.3. The van der Waals surface area contributed by atoms with Gasteiger partial charge in [0, 0.05) is 28.7 Å². The maximum Gasteiger partial charge on any atom is 0.417 e. The van der Waals surface area contributed by atoms with E-state index in [0.717, 1.165) is 0 Å². The van der Waals surface area contributed by atoms with Crippen LogP contribution in [0.3, 0.4) is 0 Å². The van der Waals surface area contributed by atoms with Gasteiger partial charge in [0.25, 0.3) is 0 Å². The first-order valence-corrected chi connectivity index (χ1v) is 9.15. The van der Waals surface area contributed by atoms with E-state index in [9.17, 15) is 18.0 Å². The molecule has 0 aliphatic carbocycles. The average molecular weight is 458 g/mol. The second-order valence-electron chi connectivity index (χ2n) is 6.07. The van der Waals surface area contributed by atoms with E-state index >= 15 is 0 Å². The van der Waals surface area contributed by atoms with Gasteiger partial charge in [0.05, 0.1) is 30.5 Å². The van der Waals surface area contributed by atoms with E-state index in [0.29, 0.717) is 28.3 Å². The third-order valence-corrected chi connectivity index (χ3v) is 4.63. The van der Waals surface area contributed by atoms with Crippen LogP contribution in [0.25, 0.3) is 10.9 Å². The van der Waals surface area contributed by atoms with E-state index in [4.69, 9.17) is 33.3 Å². The smallest absolute Gasteiger partial charge is 0.417 e. The molecule has 0 radical (unpaired) electrons. The summed E-state index contributed by atoms with van der Waals surface area (Å²) in [6.07, 6.45) is -4.68. The second-order valence-corrected chi connectivity index (χ2v) is 6.89. The zero-order valence-corrected chi connectivity index (χ0v) is 17.2. The van der Waals surface area contributed by atoms with Crippen molar-refractivity contribution in [2.75, 3.05) is 24.9 Å². The number of benzene rings is 2. The first-order chi connectivity index (χ1) is 14.1. The van der Waals surface area contributed by atoms with Gasteiger partial charge in [-0.1, -0.05) is 11.6 Å². The fourth-order valence-electron chi connectivity index (χ4n) is 2.81. The Balaban J connectivity index is 1.90. The van der Waals surface area contributed by atoms with Crippen LogP contribution >= 0.6 is 23.8 Å². The average Bonchev–Trinajstić information content (AvgIpc) is 2.67. The van der Waals surface area contributed by atoms with Crippen molar-refractivity contribution >= 4 is 51.2 Å². The molecule has 0 spiro atoms. The second kappa shape index (κ2) is 8.41. The molecule has 3 N–H and O–H groups in total. The van der Waals surface area contributed by atoms with E-state index in [1.54, 1.807) is 12.1 Å². The quantitative estimate of drug-likeness (QED) is 0.477. The number of nitrogens with one attached hydrogen (secondary N) is 3. The number of halogens is 4. The maximum absolute atomic E-state index is 13.3. The van der Waals surface area contributed by atoms with E-state index in [1.807, 2.05) is 0 Å². The van der Waals surface area contributed by atoms with E-state index < -0.39 is 17.3 Å². The molecule has 158 valence electrons. The Kier molecular flexibility index (Phi) is 6.09. The number of methoxy groups -OCH3 is 2. The molecule has 0 atom stereocenters. The summed E-state index contributed by atoms with van der Waals surface area (Å²) in [4.78, 5) is 13.9. The summed E-state index contributed by atoms with van der Waals surface area (Å²) in [5.74, 6) is 0.803. The molecule has 0 saturated carbocycles. The summed E-state index contributed by atoms with van der Waals surface area (Å²) < 4.78 is 50.3. The largest absolute Gasteiger partial charge is 0.495 e. The first kappa shape index (κ1) is 21.7. The number of aromatic amines is 1. The van der Waals surface area contributed by atoms with Crippen LogP contribution in [0, 0.1) is 0 Å². The van der Waals surface area contributed by atoms with Crippen molar-refractivity contribution < 1.29 is 22.6 Å². The fourth-order valence-corrected chi connectivity index (χ4v) is 3.28. The van der Waals surface area contributed by atoms with Crippen LogP contribution in [0.4, 0.5) is 24.5 Å². The Morgan fingerprint density at radius 1 is 1.07 bits per heavy atom. The molecular weight excluding hydrogens is 443 g/mol. The highest BCUT2D eigenvalue weighted by Gasteiger charge is 2.33. The summed E-state index contributed by atoms with van der Waals surface area (Å²) in [5, 5.41) is 5.92. The number of H-pyrrole nitrogens is 1. The highest BCUT2D eigenvalue weighted by atomic mass is 35.5.